The van der Waals surface area contributed by atoms with Crippen molar-refractivity contribution >= 4 is 12.0 Å². The Balaban J connectivity index is 1.63. The number of para-hydroxylation sites is 1. The highest BCUT2D eigenvalue weighted by atomic mass is 16.5. The molecule has 0 spiro atoms. The van der Waals surface area contributed by atoms with Crippen LogP contribution in [-0.2, 0) is 29.1 Å². The van der Waals surface area contributed by atoms with Gasteiger partial charge in [-0.1, -0.05) is 78.9 Å². The lowest BCUT2D eigenvalue weighted by Crippen LogP contribution is -2.48. The highest BCUT2D eigenvalue weighted by Gasteiger charge is 2.22. The molecule has 31 heavy (non-hydrogen) atoms. The topological polar surface area (TPSA) is 76.7 Å². The van der Waals surface area contributed by atoms with Crippen LogP contribution in [0.4, 0.5) is 4.79 Å². The molecule has 1 unspecified atom stereocenters. The van der Waals surface area contributed by atoms with E-state index in [1.807, 2.05) is 84.9 Å². The first kappa shape index (κ1) is 21.9. The zero-order valence-electron chi connectivity index (χ0n) is 17.4. The third kappa shape index (κ3) is 6.89. The van der Waals surface area contributed by atoms with E-state index in [1.165, 1.54) is 0 Å². The average molecular weight is 418 g/mol. The van der Waals surface area contributed by atoms with Crippen LogP contribution in [0, 0.1) is 0 Å². The Labute approximate surface area is 182 Å². The number of ether oxygens (including phenoxy) is 2. The number of hydrogen-bond donors (Lipinski definition) is 2. The van der Waals surface area contributed by atoms with Crippen molar-refractivity contribution in [2.24, 2.45) is 0 Å². The monoisotopic (exact) mass is 418 g/mol. The summed E-state index contributed by atoms with van der Waals surface area (Å²) in [6, 6.07) is 25.6. The van der Waals surface area contributed by atoms with Crippen LogP contribution in [0.5, 0.6) is 5.75 Å². The molecule has 6 heteroatoms. The van der Waals surface area contributed by atoms with Gasteiger partial charge in [0.15, 0.2) is 0 Å². The van der Waals surface area contributed by atoms with Crippen LogP contribution in [0.1, 0.15) is 16.7 Å². The SMILES string of the molecule is COc1ccccc1CNC(=O)C(Cc1ccccc1)NC(=O)OCc1ccccc1. The van der Waals surface area contributed by atoms with E-state index in [4.69, 9.17) is 9.47 Å². The minimum atomic E-state index is -0.777. The molecule has 6 nitrogen and oxygen atoms in total. The van der Waals surface area contributed by atoms with Crippen molar-refractivity contribution in [1.82, 2.24) is 10.6 Å². The number of amides is 2. The lowest BCUT2D eigenvalue weighted by Gasteiger charge is -2.19. The highest BCUT2D eigenvalue weighted by Crippen LogP contribution is 2.16. The van der Waals surface area contributed by atoms with Crippen LogP contribution >= 0.6 is 0 Å². The largest absolute Gasteiger partial charge is 0.496 e. The number of nitrogens with one attached hydrogen (secondary N) is 2. The van der Waals surface area contributed by atoms with Gasteiger partial charge < -0.3 is 20.1 Å². The third-order valence-electron chi connectivity index (χ3n) is 4.75. The molecule has 0 bridgehead atoms. The zero-order valence-corrected chi connectivity index (χ0v) is 17.4. The summed E-state index contributed by atoms with van der Waals surface area (Å²) in [4.78, 5) is 25.3. The van der Waals surface area contributed by atoms with Crippen molar-refractivity contribution in [2.45, 2.75) is 25.6 Å². The summed E-state index contributed by atoms with van der Waals surface area (Å²) >= 11 is 0. The van der Waals surface area contributed by atoms with Crippen LogP contribution in [-0.4, -0.2) is 25.2 Å². The molecule has 0 aliphatic heterocycles. The van der Waals surface area contributed by atoms with E-state index < -0.39 is 12.1 Å². The molecule has 0 aliphatic rings. The van der Waals surface area contributed by atoms with Crippen LogP contribution in [0.15, 0.2) is 84.9 Å². The second-order valence-electron chi connectivity index (χ2n) is 6.98. The molecule has 2 amide bonds. The molecule has 160 valence electrons. The van der Waals surface area contributed by atoms with E-state index >= 15 is 0 Å². The molecule has 0 heterocycles. The van der Waals surface area contributed by atoms with E-state index in [0.717, 1.165) is 16.7 Å². The van der Waals surface area contributed by atoms with Gasteiger partial charge in [-0.05, 0) is 17.2 Å². The summed E-state index contributed by atoms with van der Waals surface area (Å²) in [7, 11) is 1.59. The fourth-order valence-electron chi connectivity index (χ4n) is 3.12. The smallest absolute Gasteiger partial charge is 0.408 e. The maximum absolute atomic E-state index is 12.9. The van der Waals surface area contributed by atoms with Crippen molar-refractivity contribution in [1.29, 1.82) is 0 Å². The Bertz CT molecular complexity index is 977. The highest BCUT2D eigenvalue weighted by molar-refractivity contribution is 5.86. The van der Waals surface area contributed by atoms with Gasteiger partial charge in [-0.15, -0.1) is 0 Å². The lowest BCUT2D eigenvalue weighted by atomic mass is 10.1. The Morgan fingerprint density at radius 2 is 1.45 bits per heavy atom. The standard InChI is InChI=1S/C25H26N2O4/c1-30-23-15-9-8-14-21(23)17-26-24(28)22(16-19-10-4-2-5-11-19)27-25(29)31-18-20-12-6-3-7-13-20/h2-15,22H,16-18H2,1H3,(H,26,28)(H,27,29). The maximum Gasteiger partial charge on any atom is 0.408 e. The molecular weight excluding hydrogens is 392 g/mol. The number of rotatable bonds is 9. The quantitative estimate of drug-likeness (QED) is 0.553. The van der Waals surface area contributed by atoms with E-state index in [0.29, 0.717) is 12.2 Å². The van der Waals surface area contributed by atoms with Gasteiger partial charge in [-0.2, -0.15) is 0 Å². The van der Waals surface area contributed by atoms with Gasteiger partial charge in [0.1, 0.15) is 18.4 Å². The molecule has 1 atom stereocenters. The Morgan fingerprint density at radius 1 is 0.839 bits per heavy atom. The fourth-order valence-corrected chi connectivity index (χ4v) is 3.12. The van der Waals surface area contributed by atoms with Gasteiger partial charge in [0.05, 0.1) is 7.11 Å². The van der Waals surface area contributed by atoms with Gasteiger partial charge in [-0.25, -0.2) is 4.79 Å². The molecule has 0 aliphatic carbocycles. The van der Waals surface area contributed by atoms with Crippen LogP contribution in [0.2, 0.25) is 0 Å². The summed E-state index contributed by atoms with van der Waals surface area (Å²) < 4.78 is 10.6. The third-order valence-corrected chi connectivity index (χ3v) is 4.75. The van der Waals surface area contributed by atoms with Crippen molar-refractivity contribution in [3.8, 4) is 5.75 Å². The van der Waals surface area contributed by atoms with E-state index in [1.54, 1.807) is 7.11 Å². The van der Waals surface area contributed by atoms with E-state index in [-0.39, 0.29) is 19.1 Å². The summed E-state index contributed by atoms with van der Waals surface area (Å²) in [5, 5.41) is 5.58. The predicted octanol–water partition coefficient (Wildman–Crippen LogP) is 3.85. The second kappa shape index (κ2) is 11.4. The first-order valence-electron chi connectivity index (χ1n) is 10.1. The van der Waals surface area contributed by atoms with Crippen LogP contribution in [0.3, 0.4) is 0 Å². The van der Waals surface area contributed by atoms with Gasteiger partial charge in [0.25, 0.3) is 0 Å². The number of methoxy groups -OCH3 is 1. The summed E-state index contributed by atoms with van der Waals surface area (Å²) in [5.41, 5.74) is 2.66. The number of alkyl carbamates (subject to hydrolysis) is 1. The number of carbonyl (C=O) groups excluding carboxylic acids is 2. The van der Waals surface area contributed by atoms with Gasteiger partial charge in [0.2, 0.25) is 5.91 Å². The minimum absolute atomic E-state index is 0.133. The predicted molar refractivity (Wildman–Crippen MR) is 119 cm³/mol. The number of benzene rings is 3. The first-order valence-corrected chi connectivity index (χ1v) is 10.1. The van der Waals surface area contributed by atoms with E-state index in [9.17, 15) is 9.59 Å². The van der Waals surface area contributed by atoms with Crippen molar-refractivity contribution < 1.29 is 19.1 Å². The molecule has 3 rings (SSSR count). The number of hydrogen-bond acceptors (Lipinski definition) is 4. The molecule has 0 radical (unpaired) electrons. The maximum atomic E-state index is 12.9. The van der Waals surface area contributed by atoms with Crippen molar-refractivity contribution in [3.63, 3.8) is 0 Å². The Hall–Kier alpha value is -3.80. The summed E-state index contributed by atoms with van der Waals surface area (Å²) in [5.74, 6) is 0.393. The van der Waals surface area contributed by atoms with Crippen molar-refractivity contribution in [2.75, 3.05) is 7.11 Å². The molecular formula is C25H26N2O4. The summed E-state index contributed by atoms with van der Waals surface area (Å²) in [6.07, 6.45) is -0.295. The Kier molecular flexibility index (Phi) is 8.05. The number of carbonyl (C=O) groups is 2. The van der Waals surface area contributed by atoms with Crippen LogP contribution < -0.4 is 15.4 Å². The molecule has 3 aromatic rings. The van der Waals surface area contributed by atoms with Crippen molar-refractivity contribution in [3.05, 3.63) is 102 Å². The second-order valence-corrected chi connectivity index (χ2v) is 6.98. The van der Waals surface area contributed by atoms with Crippen LogP contribution in [0.25, 0.3) is 0 Å². The Morgan fingerprint density at radius 3 is 2.13 bits per heavy atom. The first-order chi connectivity index (χ1) is 15.2. The molecule has 0 fully saturated rings. The summed E-state index contributed by atoms with van der Waals surface area (Å²) in [6.45, 7) is 0.419. The molecule has 0 saturated carbocycles. The van der Waals surface area contributed by atoms with E-state index in [2.05, 4.69) is 10.6 Å². The zero-order chi connectivity index (χ0) is 21.9. The molecule has 2 N–H and O–H groups in total. The molecule has 0 saturated heterocycles. The normalized spacial score (nSPS) is 11.3. The minimum Gasteiger partial charge on any atom is -0.496 e. The van der Waals surface area contributed by atoms with Gasteiger partial charge >= 0.3 is 6.09 Å². The lowest BCUT2D eigenvalue weighted by molar-refractivity contribution is -0.123. The molecule has 3 aromatic carbocycles. The fraction of sp³-hybridized carbons (Fsp3) is 0.200. The van der Waals surface area contributed by atoms with Gasteiger partial charge in [-0.3, -0.25) is 4.79 Å². The van der Waals surface area contributed by atoms with Gasteiger partial charge in [0, 0.05) is 18.5 Å². The molecule has 0 aromatic heterocycles. The average Bonchev–Trinajstić information content (AvgIpc) is 2.82.